The first-order valence-electron chi connectivity index (χ1n) is 4.91. The molecule has 0 atom stereocenters. The van der Waals surface area contributed by atoms with Crippen molar-refractivity contribution < 1.29 is 14.3 Å². The van der Waals surface area contributed by atoms with Crippen LogP contribution in [0.25, 0.3) is 0 Å². The van der Waals surface area contributed by atoms with Gasteiger partial charge in [-0.2, -0.15) is 0 Å². The van der Waals surface area contributed by atoms with Crippen molar-refractivity contribution in [1.29, 1.82) is 0 Å². The third-order valence-corrected chi connectivity index (χ3v) is 2.62. The standard InChI is InChI=1S/C12H13IO3/c1-3-7-15-11-6-5-9(8-10(11)13)16-12(14)4-2/h3,5-6,8H,1,4,7H2,2H3. The summed E-state index contributed by atoms with van der Waals surface area (Å²) in [6.07, 6.45) is 2.05. The van der Waals surface area contributed by atoms with Crippen LogP contribution in [0.15, 0.2) is 30.9 Å². The minimum atomic E-state index is -0.240. The molecule has 0 aliphatic carbocycles. The summed E-state index contributed by atoms with van der Waals surface area (Å²) in [6.45, 7) is 5.80. The van der Waals surface area contributed by atoms with Gasteiger partial charge in [-0.25, -0.2) is 0 Å². The molecule has 0 spiro atoms. The predicted octanol–water partition coefficient (Wildman–Crippen LogP) is 3.17. The molecule has 3 nitrogen and oxygen atoms in total. The van der Waals surface area contributed by atoms with E-state index in [1.54, 1.807) is 31.2 Å². The Bertz CT molecular complexity index is 388. The highest BCUT2D eigenvalue weighted by atomic mass is 127. The molecule has 1 aromatic rings. The van der Waals surface area contributed by atoms with Gasteiger partial charge >= 0.3 is 5.97 Å². The first-order chi connectivity index (χ1) is 7.67. The van der Waals surface area contributed by atoms with Crippen LogP contribution in [0.1, 0.15) is 13.3 Å². The molecule has 0 N–H and O–H groups in total. The van der Waals surface area contributed by atoms with Crippen LogP contribution in [0.2, 0.25) is 0 Å². The molecule has 0 aromatic heterocycles. The molecule has 0 saturated heterocycles. The van der Waals surface area contributed by atoms with Crippen molar-refractivity contribution in [2.45, 2.75) is 13.3 Å². The van der Waals surface area contributed by atoms with E-state index in [-0.39, 0.29) is 5.97 Å². The maximum atomic E-state index is 11.1. The molecular formula is C12H13IO3. The van der Waals surface area contributed by atoms with Crippen molar-refractivity contribution in [3.8, 4) is 11.5 Å². The molecule has 0 amide bonds. The first kappa shape index (κ1) is 13.0. The van der Waals surface area contributed by atoms with Crippen LogP contribution in [0, 0.1) is 3.57 Å². The second-order valence-electron chi connectivity index (χ2n) is 3.02. The van der Waals surface area contributed by atoms with Gasteiger partial charge in [0.2, 0.25) is 0 Å². The minimum Gasteiger partial charge on any atom is -0.488 e. The van der Waals surface area contributed by atoms with Gasteiger partial charge in [0.1, 0.15) is 18.1 Å². The summed E-state index contributed by atoms with van der Waals surface area (Å²) in [5.41, 5.74) is 0. The average molecular weight is 332 g/mol. The van der Waals surface area contributed by atoms with Crippen molar-refractivity contribution in [2.75, 3.05) is 6.61 Å². The predicted molar refractivity (Wildman–Crippen MR) is 70.8 cm³/mol. The molecule has 0 heterocycles. The topological polar surface area (TPSA) is 35.5 Å². The summed E-state index contributed by atoms with van der Waals surface area (Å²) in [7, 11) is 0. The Kier molecular flexibility index (Phi) is 5.31. The molecule has 16 heavy (non-hydrogen) atoms. The summed E-state index contributed by atoms with van der Waals surface area (Å²) < 4.78 is 11.4. The lowest BCUT2D eigenvalue weighted by atomic mass is 10.3. The second-order valence-corrected chi connectivity index (χ2v) is 4.18. The van der Waals surface area contributed by atoms with Crippen molar-refractivity contribution in [1.82, 2.24) is 0 Å². The van der Waals surface area contributed by atoms with Gasteiger partial charge in [0.05, 0.1) is 3.57 Å². The largest absolute Gasteiger partial charge is 0.488 e. The normalized spacial score (nSPS) is 9.62. The number of halogens is 1. The number of carbonyl (C=O) groups excluding carboxylic acids is 1. The Labute approximate surface area is 109 Å². The highest BCUT2D eigenvalue weighted by Crippen LogP contribution is 2.25. The summed E-state index contributed by atoms with van der Waals surface area (Å²) in [6, 6.07) is 5.27. The zero-order valence-corrected chi connectivity index (χ0v) is 11.2. The number of hydrogen-bond acceptors (Lipinski definition) is 3. The van der Waals surface area contributed by atoms with Crippen LogP contribution >= 0.6 is 22.6 Å². The van der Waals surface area contributed by atoms with E-state index in [9.17, 15) is 4.79 Å². The fraction of sp³-hybridized carbons (Fsp3) is 0.250. The summed E-state index contributed by atoms with van der Waals surface area (Å²) >= 11 is 2.13. The van der Waals surface area contributed by atoms with E-state index in [4.69, 9.17) is 9.47 Å². The third kappa shape index (κ3) is 3.84. The van der Waals surface area contributed by atoms with Crippen molar-refractivity contribution in [3.63, 3.8) is 0 Å². The smallest absolute Gasteiger partial charge is 0.310 e. The number of hydrogen-bond donors (Lipinski definition) is 0. The minimum absolute atomic E-state index is 0.240. The fourth-order valence-electron chi connectivity index (χ4n) is 1.01. The Hall–Kier alpha value is -1.04. The molecule has 0 fully saturated rings. The maximum absolute atomic E-state index is 11.1. The zero-order valence-electron chi connectivity index (χ0n) is 9.03. The third-order valence-electron chi connectivity index (χ3n) is 1.78. The van der Waals surface area contributed by atoms with E-state index in [1.807, 2.05) is 0 Å². The van der Waals surface area contributed by atoms with Crippen LogP contribution in [0.4, 0.5) is 0 Å². The quantitative estimate of drug-likeness (QED) is 0.360. The van der Waals surface area contributed by atoms with Gasteiger partial charge in [0.25, 0.3) is 0 Å². The van der Waals surface area contributed by atoms with Crippen molar-refractivity contribution in [3.05, 3.63) is 34.4 Å². The molecular weight excluding hydrogens is 319 g/mol. The molecule has 0 unspecified atom stereocenters. The van der Waals surface area contributed by atoms with Crippen LogP contribution in [0.5, 0.6) is 11.5 Å². The molecule has 1 rings (SSSR count). The first-order valence-corrected chi connectivity index (χ1v) is 5.99. The molecule has 1 aromatic carbocycles. The second kappa shape index (κ2) is 6.52. The molecule has 0 aliphatic rings. The van der Waals surface area contributed by atoms with Crippen molar-refractivity contribution >= 4 is 28.6 Å². The number of carbonyl (C=O) groups is 1. The van der Waals surface area contributed by atoms with E-state index >= 15 is 0 Å². The molecule has 0 radical (unpaired) electrons. The Morgan fingerprint density at radius 3 is 2.88 bits per heavy atom. The Balaban J connectivity index is 2.74. The van der Waals surface area contributed by atoms with E-state index in [0.717, 1.165) is 9.32 Å². The number of benzene rings is 1. The summed E-state index contributed by atoms with van der Waals surface area (Å²) in [5.74, 6) is 1.06. The van der Waals surface area contributed by atoms with Gasteiger partial charge in [0.15, 0.2) is 0 Å². The van der Waals surface area contributed by atoms with Crippen LogP contribution in [-0.2, 0) is 4.79 Å². The Morgan fingerprint density at radius 2 is 2.31 bits per heavy atom. The SMILES string of the molecule is C=CCOc1ccc(OC(=O)CC)cc1I. The molecule has 86 valence electrons. The lowest BCUT2D eigenvalue weighted by Crippen LogP contribution is -2.05. The monoisotopic (exact) mass is 332 g/mol. The van der Waals surface area contributed by atoms with Crippen molar-refractivity contribution in [2.24, 2.45) is 0 Å². The van der Waals surface area contributed by atoms with Gasteiger partial charge < -0.3 is 9.47 Å². The fourth-order valence-corrected chi connectivity index (χ4v) is 1.66. The van der Waals surface area contributed by atoms with E-state index in [1.165, 1.54) is 0 Å². The van der Waals surface area contributed by atoms with Gasteiger partial charge in [-0.15, -0.1) is 0 Å². The average Bonchev–Trinajstić information content (AvgIpc) is 2.28. The molecule has 4 heteroatoms. The van der Waals surface area contributed by atoms with Gasteiger partial charge in [0, 0.05) is 6.42 Å². The highest BCUT2D eigenvalue weighted by Gasteiger charge is 2.05. The highest BCUT2D eigenvalue weighted by molar-refractivity contribution is 14.1. The molecule has 0 saturated carbocycles. The molecule has 0 bridgehead atoms. The van der Waals surface area contributed by atoms with Crippen LogP contribution in [0.3, 0.4) is 0 Å². The summed E-state index contributed by atoms with van der Waals surface area (Å²) in [4.78, 5) is 11.1. The van der Waals surface area contributed by atoms with E-state index in [2.05, 4.69) is 29.2 Å². The van der Waals surface area contributed by atoms with Gasteiger partial charge in [-0.1, -0.05) is 19.6 Å². The molecule has 0 aliphatic heterocycles. The van der Waals surface area contributed by atoms with Crippen LogP contribution < -0.4 is 9.47 Å². The van der Waals surface area contributed by atoms with E-state index < -0.39 is 0 Å². The summed E-state index contributed by atoms with van der Waals surface area (Å²) in [5, 5.41) is 0. The maximum Gasteiger partial charge on any atom is 0.310 e. The van der Waals surface area contributed by atoms with Gasteiger partial charge in [-0.3, -0.25) is 4.79 Å². The lowest BCUT2D eigenvalue weighted by Gasteiger charge is -2.08. The number of rotatable bonds is 5. The van der Waals surface area contributed by atoms with E-state index in [0.29, 0.717) is 18.8 Å². The number of ether oxygens (including phenoxy) is 2. The Morgan fingerprint density at radius 1 is 1.56 bits per heavy atom. The number of esters is 1. The van der Waals surface area contributed by atoms with Gasteiger partial charge in [-0.05, 0) is 40.8 Å². The zero-order chi connectivity index (χ0) is 12.0. The lowest BCUT2D eigenvalue weighted by molar-refractivity contribution is -0.134. The van der Waals surface area contributed by atoms with Crippen LogP contribution in [-0.4, -0.2) is 12.6 Å².